The fraction of sp³-hybridized carbons (Fsp3) is 0.214. The summed E-state index contributed by atoms with van der Waals surface area (Å²) in [6.07, 6.45) is 1.68. The van der Waals surface area contributed by atoms with Gasteiger partial charge in [-0.1, -0.05) is 0 Å². The first-order valence-electron chi connectivity index (χ1n) is 5.83. The molecule has 0 amide bonds. The SMILES string of the molecule is COc1ccc(N(C)c2ncc(N)c(C)c2Br)cc1. The van der Waals surface area contributed by atoms with Crippen LogP contribution < -0.4 is 15.4 Å². The van der Waals surface area contributed by atoms with Crippen molar-refractivity contribution in [3.05, 3.63) is 40.5 Å². The minimum Gasteiger partial charge on any atom is -0.497 e. The van der Waals surface area contributed by atoms with Crippen LogP contribution in [0.3, 0.4) is 0 Å². The predicted octanol–water partition coefficient (Wildman–Crippen LogP) is 3.51. The number of nitrogens with two attached hydrogens (primary N) is 1. The summed E-state index contributed by atoms with van der Waals surface area (Å²) in [5, 5.41) is 0. The summed E-state index contributed by atoms with van der Waals surface area (Å²) in [4.78, 5) is 6.38. The van der Waals surface area contributed by atoms with E-state index in [0.29, 0.717) is 5.69 Å². The maximum absolute atomic E-state index is 5.84. The van der Waals surface area contributed by atoms with Crippen LogP contribution in [-0.2, 0) is 0 Å². The molecule has 2 N–H and O–H groups in total. The highest BCUT2D eigenvalue weighted by Crippen LogP contribution is 2.33. The second-order valence-electron chi connectivity index (χ2n) is 4.23. The Balaban J connectivity index is 2.38. The van der Waals surface area contributed by atoms with Crippen LogP contribution in [0.4, 0.5) is 17.2 Å². The molecule has 0 saturated heterocycles. The molecule has 0 spiro atoms. The molecule has 0 bridgehead atoms. The third-order valence-electron chi connectivity index (χ3n) is 3.06. The Labute approximate surface area is 121 Å². The van der Waals surface area contributed by atoms with E-state index < -0.39 is 0 Å². The number of ether oxygens (including phenoxy) is 1. The molecule has 2 aromatic rings. The molecule has 0 aliphatic carbocycles. The van der Waals surface area contributed by atoms with Gasteiger partial charge >= 0.3 is 0 Å². The third-order valence-corrected chi connectivity index (χ3v) is 4.01. The quantitative estimate of drug-likeness (QED) is 0.939. The molecule has 5 heteroatoms. The number of hydrogen-bond donors (Lipinski definition) is 1. The smallest absolute Gasteiger partial charge is 0.147 e. The molecule has 4 nitrogen and oxygen atoms in total. The first-order valence-corrected chi connectivity index (χ1v) is 6.62. The van der Waals surface area contributed by atoms with Gasteiger partial charge < -0.3 is 15.4 Å². The Bertz CT molecular complexity index is 584. The lowest BCUT2D eigenvalue weighted by Crippen LogP contribution is -2.12. The van der Waals surface area contributed by atoms with Crippen molar-refractivity contribution in [2.75, 3.05) is 24.8 Å². The minimum atomic E-state index is 0.679. The average molecular weight is 322 g/mol. The first kappa shape index (κ1) is 13.7. The number of aromatic nitrogens is 1. The van der Waals surface area contributed by atoms with E-state index in [0.717, 1.165) is 27.3 Å². The lowest BCUT2D eigenvalue weighted by molar-refractivity contribution is 0.415. The Kier molecular flexibility index (Phi) is 3.95. The average Bonchev–Trinajstić information content (AvgIpc) is 2.44. The van der Waals surface area contributed by atoms with Gasteiger partial charge in [0.2, 0.25) is 0 Å². The number of hydrogen-bond acceptors (Lipinski definition) is 4. The molecule has 0 atom stereocenters. The summed E-state index contributed by atoms with van der Waals surface area (Å²) in [5.74, 6) is 1.66. The van der Waals surface area contributed by atoms with Gasteiger partial charge in [-0.15, -0.1) is 0 Å². The number of pyridine rings is 1. The van der Waals surface area contributed by atoms with Gasteiger partial charge in [0.25, 0.3) is 0 Å². The number of anilines is 3. The van der Waals surface area contributed by atoms with Crippen molar-refractivity contribution >= 4 is 33.1 Å². The van der Waals surface area contributed by atoms with Crippen LogP contribution in [0.15, 0.2) is 34.9 Å². The monoisotopic (exact) mass is 321 g/mol. The fourth-order valence-corrected chi connectivity index (χ4v) is 2.34. The van der Waals surface area contributed by atoms with E-state index in [1.165, 1.54) is 0 Å². The van der Waals surface area contributed by atoms with Crippen molar-refractivity contribution in [3.63, 3.8) is 0 Å². The van der Waals surface area contributed by atoms with E-state index in [1.54, 1.807) is 13.3 Å². The fourth-order valence-electron chi connectivity index (χ4n) is 1.74. The molecule has 0 fully saturated rings. The molecular weight excluding hydrogens is 306 g/mol. The summed E-state index contributed by atoms with van der Waals surface area (Å²) in [7, 11) is 3.62. The lowest BCUT2D eigenvalue weighted by Gasteiger charge is -2.21. The molecular formula is C14H16BrN3O. The zero-order valence-corrected chi connectivity index (χ0v) is 12.7. The molecule has 0 radical (unpaired) electrons. The topological polar surface area (TPSA) is 51.4 Å². The van der Waals surface area contributed by atoms with Gasteiger partial charge in [-0.25, -0.2) is 4.98 Å². The minimum absolute atomic E-state index is 0.679. The van der Waals surface area contributed by atoms with Crippen LogP contribution in [-0.4, -0.2) is 19.1 Å². The van der Waals surface area contributed by atoms with Gasteiger partial charge in [-0.05, 0) is 52.7 Å². The summed E-state index contributed by atoms with van der Waals surface area (Å²) in [6, 6.07) is 7.81. The third kappa shape index (κ3) is 2.66. The van der Waals surface area contributed by atoms with Crippen LogP contribution >= 0.6 is 15.9 Å². The van der Waals surface area contributed by atoms with Crippen LogP contribution in [0.1, 0.15) is 5.56 Å². The maximum Gasteiger partial charge on any atom is 0.147 e. The number of nitrogen functional groups attached to an aromatic ring is 1. The van der Waals surface area contributed by atoms with E-state index in [9.17, 15) is 0 Å². The molecule has 0 aliphatic heterocycles. The number of benzene rings is 1. The van der Waals surface area contributed by atoms with E-state index in [4.69, 9.17) is 10.5 Å². The van der Waals surface area contributed by atoms with E-state index >= 15 is 0 Å². The molecule has 1 aromatic heterocycles. The highest BCUT2D eigenvalue weighted by atomic mass is 79.9. The Morgan fingerprint density at radius 2 is 1.89 bits per heavy atom. The lowest BCUT2D eigenvalue weighted by atomic mass is 10.2. The second kappa shape index (κ2) is 5.48. The molecule has 1 aromatic carbocycles. The van der Waals surface area contributed by atoms with Crippen LogP contribution in [0.5, 0.6) is 5.75 Å². The zero-order valence-electron chi connectivity index (χ0n) is 11.1. The number of methoxy groups -OCH3 is 1. The van der Waals surface area contributed by atoms with Crippen LogP contribution in [0.25, 0.3) is 0 Å². The second-order valence-corrected chi connectivity index (χ2v) is 5.03. The molecule has 1 heterocycles. The maximum atomic E-state index is 5.84. The van der Waals surface area contributed by atoms with E-state index in [1.807, 2.05) is 43.1 Å². The van der Waals surface area contributed by atoms with Crippen LogP contribution in [0.2, 0.25) is 0 Å². The molecule has 19 heavy (non-hydrogen) atoms. The van der Waals surface area contributed by atoms with E-state index in [-0.39, 0.29) is 0 Å². The summed E-state index contributed by atoms with van der Waals surface area (Å²) in [6.45, 7) is 1.96. The van der Waals surface area contributed by atoms with Gasteiger partial charge in [0.15, 0.2) is 0 Å². The number of halogens is 1. The number of nitrogens with zero attached hydrogens (tertiary/aromatic N) is 2. The first-order chi connectivity index (χ1) is 9.04. The molecule has 0 saturated carbocycles. The predicted molar refractivity (Wildman–Crippen MR) is 82.1 cm³/mol. The molecule has 0 unspecified atom stereocenters. The summed E-state index contributed by atoms with van der Waals surface area (Å²) < 4.78 is 6.06. The standard InChI is InChI=1S/C14H16BrN3O/c1-9-12(16)8-17-14(13(9)15)18(2)10-4-6-11(19-3)7-5-10/h4-8H,16H2,1-3H3. The highest BCUT2D eigenvalue weighted by molar-refractivity contribution is 9.10. The van der Waals surface area contributed by atoms with Crippen molar-refractivity contribution < 1.29 is 4.74 Å². The zero-order chi connectivity index (χ0) is 14.0. The van der Waals surface area contributed by atoms with Gasteiger partial charge in [0.1, 0.15) is 11.6 Å². The van der Waals surface area contributed by atoms with Gasteiger partial charge in [0, 0.05) is 12.7 Å². The van der Waals surface area contributed by atoms with Crippen molar-refractivity contribution in [1.82, 2.24) is 4.98 Å². The highest BCUT2D eigenvalue weighted by Gasteiger charge is 2.13. The van der Waals surface area contributed by atoms with Crippen LogP contribution in [0, 0.1) is 6.92 Å². The molecule has 0 aliphatic rings. The summed E-state index contributed by atoms with van der Waals surface area (Å²) in [5.41, 5.74) is 8.54. The summed E-state index contributed by atoms with van der Waals surface area (Å²) >= 11 is 3.55. The van der Waals surface area contributed by atoms with Crippen molar-refractivity contribution in [1.29, 1.82) is 0 Å². The number of rotatable bonds is 3. The van der Waals surface area contributed by atoms with Crippen molar-refractivity contribution in [2.24, 2.45) is 0 Å². The van der Waals surface area contributed by atoms with Gasteiger partial charge in [-0.2, -0.15) is 0 Å². The molecule has 2 rings (SSSR count). The Hall–Kier alpha value is -1.75. The van der Waals surface area contributed by atoms with Gasteiger partial charge in [0.05, 0.1) is 23.5 Å². The van der Waals surface area contributed by atoms with Crippen molar-refractivity contribution in [3.8, 4) is 5.75 Å². The Morgan fingerprint density at radius 1 is 1.26 bits per heavy atom. The van der Waals surface area contributed by atoms with E-state index in [2.05, 4.69) is 20.9 Å². The molecule has 100 valence electrons. The van der Waals surface area contributed by atoms with Gasteiger partial charge in [-0.3, -0.25) is 0 Å². The Morgan fingerprint density at radius 3 is 2.47 bits per heavy atom. The largest absolute Gasteiger partial charge is 0.497 e. The van der Waals surface area contributed by atoms with Crippen molar-refractivity contribution in [2.45, 2.75) is 6.92 Å². The normalized spacial score (nSPS) is 10.3.